The fourth-order valence-corrected chi connectivity index (χ4v) is 3.34. The van der Waals surface area contributed by atoms with E-state index < -0.39 is 0 Å². The van der Waals surface area contributed by atoms with Crippen LogP contribution in [-0.4, -0.2) is 25.5 Å². The van der Waals surface area contributed by atoms with Gasteiger partial charge in [0.1, 0.15) is 5.82 Å². The SMILES string of the molecule is Cc1ccc(N(Cc2nc3nc(C)cc(=O)n3[nH]2)C(=O)CCc2ccccc2)cc1. The molecule has 0 unspecified atom stereocenters. The van der Waals surface area contributed by atoms with E-state index in [0.29, 0.717) is 30.1 Å². The molecule has 7 nitrogen and oxygen atoms in total. The number of anilines is 1. The number of H-pyrrole nitrogens is 1. The second kappa shape index (κ2) is 8.32. The molecule has 0 aliphatic heterocycles. The van der Waals surface area contributed by atoms with Crippen molar-refractivity contribution >= 4 is 17.4 Å². The molecule has 0 spiro atoms. The topological polar surface area (TPSA) is 83.4 Å². The van der Waals surface area contributed by atoms with E-state index >= 15 is 0 Å². The van der Waals surface area contributed by atoms with Crippen molar-refractivity contribution in [1.29, 1.82) is 0 Å². The Bertz CT molecular complexity index is 1230. The predicted molar refractivity (Wildman–Crippen MR) is 115 cm³/mol. The molecule has 1 amide bonds. The summed E-state index contributed by atoms with van der Waals surface area (Å²) in [4.78, 5) is 35.7. The van der Waals surface area contributed by atoms with Gasteiger partial charge < -0.3 is 4.90 Å². The number of fused-ring (bicyclic) bond motifs is 1. The number of aromatic amines is 1. The van der Waals surface area contributed by atoms with E-state index in [0.717, 1.165) is 16.8 Å². The first-order chi connectivity index (χ1) is 14.5. The molecule has 30 heavy (non-hydrogen) atoms. The molecule has 152 valence electrons. The number of rotatable bonds is 6. The Hall–Kier alpha value is -3.74. The summed E-state index contributed by atoms with van der Waals surface area (Å²) < 4.78 is 1.30. The van der Waals surface area contributed by atoms with Gasteiger partial charge in [-0.2, -0.15) is 9.50 Å². The highest BCUT2D eigenvalue weighted by Crippen LogP contribution is 2.19. The number of nitrogens with one attached hydrogen (secondary N) is 1. The Balaban J connectivity index is 1.61. The van der Waals surface area contributed by atoms with Crippen molar-refractivity contribution in [1.82, 2.24) is 19.6 Å². The van der Waals surface area contributed by atoms with Gasteiger partial charge in [0.15, 0.2) is 0 Å². The van der Waals surface area contributed by atoms with Crippen LogP contribution >= 0.6 is 0 Å². The normalized spacial score (nSPS) is 11.0. The molecule has 2 aromatic heterocycles. The van der Waals surface area contributed by atoms with Crippen molar-refractivity contribution in [2.75, 3.05) is 4.90 Å². The molecule has 0 atom stereocenters. The van der Waals surface area contributed by atoms with Crippen LogP contribution in [0.1, 0.15) is 29.1 Å². The van der Waals surface area contributed by atoms with Gasteiger partial charge in [-0.3, -0.25) is 14.7 Å². The van der Waals surface area contributed by atoms with Gasteiger partial charge in [-0.15, -0.1) is 0 Å². The number of benzene rings is 2. The molecule has 0 bridgehead atoms. The maximum atomic E-state index is 13.1. The number of carbonyl (C=O) groups is 1. The molecule has 0 aliphatic carbocycles. The van der Waals surface area contributed by atoms with Crippen LogP contribution in [0.2, 0.25) is 0 Å². The first-order valence-corrected chi connectivity index (χ1v) is 9.86. The number of aryl methyl sites for hydroxylation is 3. The monoisotopic (exact) mass is 401 g/mol. The molecule has 0 radical (unpaired) electrons. The zero-order valence-corrected chi connectivity index (χ0v) is 17.0. The number of amides is 1. The first-order valence-electron chi connectivity index (χ1n) is 9.86. The minimum atomic E-state index is -0.228. The van der Waals surface area contributed by atoms with Crippen LogP contribution in [-0.2, 0) is 17.8 Å². The summed E-state index contributed by atoms with van der Waals surface area (Å²) >= 11 is 0. The lowest BCUT2D eigenvalue weighted by molar-refractivity contribution is -0.118. The predicted octanol–water partition coefficient (Wildman–Crippen LogP) is 3.20. The Morgan fingerprint density at radius 2 is 1.77 bits per heavy atom. The standard InChI is InChI=1S/C23H23N5O2/c1-16-8-11-19(12-9-16)27(21(29)13-10-18-6-4-3-5-7-18)15-20-25-23-24-17(2)14-22(30)28(23)26-20/h3-9,11-12,14H,10,13,15H2,1-2H3,(H,24,25,26). The number of carbonyl (C=O) groups excluding carboxylic acids is 1. The van der Waals surface area contributed by atoms with Gasteiger partial charge in [0.05, 0.1) is 6.54 Å². The molecule has 0 saturated carbocycles. The molecule has 7 heteroatoms. The lowest BCUT2D eigenvalue weighted by Crippen LogP contribution is -2.31. The summed E-state index contributed by atoms with van der Waals surface area (Å²) in [7, 11) is 0. The highest BCUT2D eigenvalue weighted by Gasteiger charge is 2.19. The van der Waals surface area contributed by atoms with E-state index in [1.54, 1.807) is 11.8 Å². The lowest BCUT2D eigenvalue weighted by Gasteiger charge is -2.22. The Labute approximate surface area is 174 Å². The molecule has 0 aliphatic rings. The van der Waals surface area contributed by atoms with E-state index in [1.807, 2.05) is 61.5 Å². The fraction of sp³-hybridized carbons (Fsp3) is 0.217. The molecule has 0 saturated heterocycles. The lowest BCUT2D eigenvalue weighted by atomic mass is 10.1. The maximum Gasteiger partial charge on any atom is 0.274 e. The Morgan fingerprint density at radius 1 is 1.03 bits per heavy atom. The van der Waals surface area contributed by atoms with E-state index in [1.165, 1.54) is 10.6 Å². The second-order valence-corrected chi connectivity index (χ2v) is 7.34. The second-order valence-electron chi connectivity index (χ2n) is 7.34. The van der Waals surface area contributed by atoms with Crippen molar-refractivity contribution in [2.45, 2.75) is 33.2 Å². The summed E-state index contributed by atoms with van der Waals surface area (Å²) in [5.74, 6) is 0.786. The van der Waals surface area contributed by atoms with Gasteiger partial charge in [-0.05, 0) is 38.0 Å². The van der Waals surface area contributed by atoms with E-state index in [2.05, 4.69) is 15.1 Å². The maximum absolute atomic E-state index is 13.1. The number of aromatic nitrogens is 4. The highest BCUT2D eigenvalue weighted by molar-refractivity contribution is 5.93. The van der Waals surface area contributed by atoms with Crippen LogP contribution in [0.4, 0.5) is 5.69 Å². The average molecular weight is 401 g/mol. The highest BCUT2D eigenvalue weighted by atomic mass is 16.2. The quantitative estimate of drug-likeness (QED) is 0.538. The largest absolute Gasteiger partial charge is 0.305 e. The zero-order chi connectivity index (χ0) is 21.1. The van der Waals surface area contributed by atoms with Crippen molar-refractivity contribution in [3.8, 4) is 0 Å². The van der Waals surface area contributed by atoms with Gasteiger partial charge in [-0.1, -0.05) is 48.0 Å². The molecule has 2 heterocycles. The Kier molecular flexibility index (Phi) is 5.43. The molecule has 0 fully saturated rings. The molecule has 4 aromatic rings. The van der Waals surface area contributed by atoms with Gasteiger partial charge >= 0.3 is 0 Å². The summed E-state index contributed by atoms with van der Waals surface area (Å²) in [5.41, 5.74) is 3.39. The van der Waals surface area contributed by atoms with Crippen LogP contribution < -0.4 is 10.5 Å². The van der Waals surface area contributed by atoms with Crippen LogP contribution in [0.25, 0.3) is 5.78 Å². The smallest absolute Gasteiger partial charge is 0.274 e. The van der Waals surface area contributed by atoms with Gasteiger partial charge in [0, 0.05) is 23.9 Å². The fourth-order valence-electron chi connectivity index (χ4n) is 3.34. The summed E-state index contributed by atoms with van der Waals surface area (Å²) in [6.45, 7) is 3.98. The van der Waals surface area contributed by atoms with Crippen LogP contribution in [0.5, 0.6) is 0 Å². The molecule has 4 rings (SSSR count). The van der Waals surface area contributed by atoms with Crippen LogP contribution in [0.15, 0.2) is 65.5 Å². The van der Waals surface area contributed by atoms with E-state index in [-0.39, 0.29) is 18.0 Å². The summed E-state index contributed by atoms with van der Waals surface area (Å²) in [6, 6.07) is 19.2. The minimum Gasteiger partial charge on any atom is -0.305 e. The minimum absolute atomic E-state index is 0.0142. The molecular weight excluding hydrogens is 378 g/mol. The Morgan fingerprint density at radius 3 is 2.50 bits per heavy atom. The average Bonchev–Trinajstić information content (AvgIpc) is 3.15. The van der Waals surface area contributed by atoms with Crippen LogP contribution in [0.3, 0.4) is 0 Å². The van der Waals surface area contributed by atoms with Crippen molar-refractivity contribution < 1.29 is 4.79 Å². The summed E-state index contributed by atoms with van der Waals surface area (Å²) in [6.07, 6.45) is 1.03. The van der Waals surface area contributed by atoms with Crippen molar-refractivity contribution in [3.05, 3.63) is 93.7 Å². The van der Waals surface area contributed by atoms with Crippen molar-refractivity contribution in [2.24, 2.45) is 0 Å². The van der Waals surface area contributed by atoms with Crippen LogP contribution in [0, 0.1) is 13.8 Å². The number of hydrogen-bond acceptors (Lipinski definition) is 4. The van der Waals surface area contributed by atoms with Gasteiger partial charge in [0.2, 0.25) is 5.91 Å². The van der Waals surface area contributed by atoms with Crippen molar-refractivity contribution in [3.63, 3.8) is 0 Å². The summed E-state index contributed by atoms with van der Waals surface area (Å²) in [5, 5.41) is 2.97. The van der Waals surface area contributed by atoms with Gasteiger partial charge in [0.25, 0.3) is 11.3 Å². The molecule has 1 N–H and O–H groups in total. The third kappa shape index (κ3) is 4.30. The first kappa shape index (κ1) is 19.6. The number of hydrogen-bond donors (Lipinski definition) is 1. The third-order valence-corrected chi connectivity index (χ3v) is 4.93. The zero-order valence-electron chi connectivity index (χ0n) is 17.0. The van der Waals surface area contributed by atoms with E-state index in [4.69, 9.17) is 0 Å². The molecule has 2 aromatic carbocycles. The van der Waals surface area contributed by atoms with Gasteiger partial charge in [-0.25, -0.2) is 4.98 Å². The molecular formula is C23H23N5O2. The van der Waals surface area contributed by atoms with E-state index in [9.17, 15) is 9.59 Å². The third-order valence-electron chi connectivity index (χ3n) is 4.93. The number of nitrogens with zero attached hydrogens (tertiary/aromatic N) is 4.